The largest absolute Gasteiger partial charge is 0.453 e. The molecule has 2 heterocycles. The smallest absolute Gasteiger partial charge is 0.409 e. The molecule has 7 heteroatoms. The summed E-state index contributed by atoms with van der Waals surface area (Å²) in [7, 11) is 1.43. The van der Waals surface area contributed by atoms with Crippen molar-refractivity contribution < 1.29 is 9.53 Å². The normalized spacial score (nSPS) is 17.7. The van der Waals surface area contributed by atoms with E-state index in [0.29, 0.717) is 25.7 Å². The fourth-order valence-corrected chi connectivity index (χ4v) is 3.52. The molecular weight excluding hydrogens is 354 g/mol. The first kappa shape index (κ1) is 20.0. The van der Waals surface area contributed by atoms with Gasteiger partial charge in [-0.25, -0.2) is 9.79 Å². The zero-order valence-electron chi connectivity index (χ0n) is 16.9. The van der Waals surface area contributed by atoms with Crippen molar-refractivity contribution in [1.29, 1.82) is 0 Å². The minimum Gasteiger partial charge on any atom is -0.453 e. The first-order valence-corrected chi connectivity index (χ1v) is 10.1. The molecule has 3 rings (SSSR count). The Hall–Kier alpha value is -2.70. The van der Waals surface area contributed by atoms with Gasteiger partial charge in [-0.2, -0.15) is 0 Å². The minimum absolute atomic E-state index is 0.243. The lowest BCUT2D eigenvalue weighted by Gasteiger charge is -2.32. The number of likely N-dealkylation sites (tertiary alicyclic amines) is 1. The van der Waals surface area contributed by atoms with E-state index in [9.17, 15) is 4.79 Å². The molecular formula is C21H31N5O2. The fourth-order valence-electron chi connectivity index (χ4n) is 3.52. The highest BCUT2D eigenvalue weighted by Gasteiger charge is 2.23. The molecule has 2 aliphatic rings. The SMILES string of the molecule is CCNC(=NCc1ccc(N2CC=CC2)cc1)NC1CCN(C(=O)OC)CC1. The number of nitrogens with one attached hydrogen (secondary N) is 2. The molecule has 0 saturated carbocycles. The van der Waals surface area contributed by atoms with Crippen LogP contribution >= 0.6 is 0 Å². The summed E-state index contributed by atoms with van der Waals surface area (Å²) in [5, 5.41) is 6.82. The molecule has 1 amide bonds. The van der Waals surface area contributed by atoms with Gasteiger partial charge in [0.25, 0.3) is 0 Å². The number of rotatable bonds is 5. The topological polar surface area (TPSA) is 69.2 Å². The summed E-state index contributed by atoms with van der Waals surface area (Å²) >= 11 is 0. The van der Waals surface area contributed by atoms with Crippen LogP contribution in [0.5, 0.6) is 0 Å². The molecule has 0 aliphatic carbocycles. The number of carbonyl (C=O) groups is 1. The lowest BCUT2D eigenvalue weighted by molar-refractivity contribution is 0.111. The van der Waals surface area contributed by atoms with Crippen LogP contribution in [0.4, 0.5) is 10.5 Å². The van der Waals surface area contributed by atoms with Gasteiger partial charge in [0.05, 0.1) is 13.7 Å². The maximum atomic E-state index is 11.6. The Morgan fingerprint density at radius 2 is 1.86 bits per heavy atom. The van der Waals surface area contributed by atoms with Gasteiger partial charge in [-0.1, -0.05) is 24.3 Å². The van der Waals surface area contributed by atoms with Crippen LogP contribution in [-0.2, 0) is 11.3 Å². The van der Waals surface area contributed by atoms with E-state index >= 15 is 0 Å². The summed E-state index contributed by atoms with van der Waals surface area (Å²) in [6, 6.07) is 8.94. The van der Waals surface area contributed by atoms with Gasteiger partial charge in [-0.05, 0) is 37.5 Å². The van der Waals surface area contributed by atoms with Crippen LogP contribution in [-0.4, -0.2) is 62.8 Å². The van der Waals surface area contributed by atoms with Crippen LogP contribution in [0.1, 0.15) is 25.3 Å². The van der Waals surface area contributed by atoms with E-state index in [-0.39, 0.29) is 6.09 Å². The average Bonchev–Trinajstić information content (AvgIpc) is 3.27. The van der Waals surface area contributed by atoms with Crippen molar-refractivity contribution in [2.24, 2.45) is 4.99 Å². The quantitative estimate of drug-likeness (QED) is 0.463. The Balaban J connectivity index is 1.52. The molecule has 2 N–H and O–H groups in total. The molecule has 28 heavy (non-hydrogen) atoms. The van der Waals surface area contributed by atoms with Crippen molar-refractivity contribution in [3.05, 3.63) is 42.0 Å². The van der Waals surface area contributed by atoms with Gasteiger partial charge in [0, 0.05) is 44.5 Å². The van der Waals surface area contributed by atoms with Gasteiger partial charge in [-0.3, -0.25) is 0 Å². The third-order valence-corrected chi connectivity index (χ3v) is 5.15. The van der Waals surface area contributed by atoms with Crippen molar-refractivity contribution >= 4 is 17.7 Å². The number of hydrogen-bond donors (Lipinski definition) is 2. The Morgan fingerprint density at radius 1 is 1.18 bits per heavy atom. The van der Waals surface area contributed by atoms with Gasteiger partial charge in [0.1, 0.15) is 0 Å². The summed E-state index contributed by atoms with van der Waals surface area (Å²) in [4.78, 5) is 20.4. The van der Waals surface area contributed by atoms with Gasteiger partial charge in [0.15, 0.2) is 5.96 Å². The van der Waals surface area contributed by atoms with E-state index in [0.717, 1.165) is 38.4 Å². The van der Waals surface area contributed by atoms with Crippen LogP contribution in [0.2, 0.25) is 0 Å². The highest BCUT2D eigenvalue weighted by atomic mass is 16.5. The van der Waals surface area contributed by atoms with Crippen molar-refractivity contribution in [3.8, 4) is 0 Å². The minimum atomic E-state index is -0.243. The first-order valence-electron chi connectivity index (χ1n) is 10.1. The van der Waals surface area contributed by atoms with E-state index in [1.807, 2.05) is 0 Å². The highest BCUT2D eigenvalue weighted by Crippen LogP contribution is 2.18. The number of benzene rings is 1. The van der Waals surface area contributed by atoms with Gasteiger partial charge < -0.3 is 25.2 Å². The number of hydrogen-bond acceptors (Lipinski definition) is 4. The zero-order valence-corrected chi connectivity index (χ0v) is 16.9. The van der Waals surface area contributed by atoms with Crippen LogP contribution in [0.15, 0.2) is 41.4 Å². The molecule has 2 aliphatic heterocycles. The molecule has 1 saturated heterocycles. The Bertz CT molecular complexity index is 685. The molecule has 1 aromatic rings. The number of amides is 1. The molecule has 7 nitrogen and oxygen atoms in total. The molecule has 0 unspecified atom stereocenters. The lowest BCUT2D eigenvalue weighted by atomic mass is 10.1. The summed E-state index contributed by atoms with van der Waals surface area (Å²) in [5.41, 5.74) is 2.44. The molecule has 1 fully saturated rings. The maximum absolute atomic E-state index is 11.6. The van der Waals surface area contributed by atoms with Crippen LogP contribution in [0, 0.1) is 0 Å². The van der Waals surface area contributed by atoms with Crippen molar-refractivity contribution in [2.45, 2.75) is 32.4 Å². The first-order chi connectivity index (χ1) is 13.7. The van der Waals surface area contributed by atoms with Crippen LogP contribution < -0.4 is 15.5 Å². The van der Waals surface area contributed by atoms with E-state index in [4.69, 9.17) is 9.73 Å². The maximum Gasteiger partial charge on any atom is 0.409 e. The number of ether oxygens (including phenoxy) is 1. The van der Waals surface area contributed by atoms with Crippen molar-refractivity contribution in [2.75, 3.05) is 44.7 Å². The summed E-state index contributed by atoms with van der Waals surface area (Å²) in [6.45, 7) is 6.90. The number of aliphatic imine (C=N–C) groups is 1. The number of carbonyl (C=O) groups excluding carboxylic acids is 1. The van der Waals surface area contributed by atoms with E-state index in [1.54, 1.807) is 4.90 Å². The van der Waals surface area contributed by atoms with Crippen LogP contribution in [0.3, 0.4) is 0 Å². The molecule has 0 spiro atoms. The third kappa shape index (κ3) is 5.41. The van der Waals surface area contributed by atoms with Crippen LogP contribution in [0.25, 0.3) is 0 Å². The number of guanidine groups is 1. The predicted molar refractivity (Wildman–Crippen MR) is 113 cm³/mol. The number of nitrogens with zero attached hydrogens (tertiary/aromatic N) is 3. The Morgan fingerprint density at radius 3 is 2.46 bits per heavy atom. The van der Waals surface area contributed by atoms with E-state index < -0.39 is 0 Å². The second-order valence-electron chi connectivity index (χ2n) is 7.11. The third-order valence-electron chi connectivity index (χ3n) is 5.15. The molecule has 1 aromatic carbocycles. The summed E-state index contributed by atoms with van der Waals surface area (Å²) in [6.07, 6.45) is 5.92. The monoisotopic (exact) mass is 385 g/mol. The van der Waals surface area contributed by atoms with Gasteiger partial charge >= 0.3 is 6.09 Å². The Kier molecular flexibility index (Phi) is 7.17. The molecule has 0 radical (unpaired) electrons. The number of piperidine rings is 1. The predicted octanol–water partition coefficient (Wildman–Crippen LogP) is 2.35. The average molecular weight is 386 g/mol. The second-order valence-corrected chi connectivity index (χ2v) is 7.11. The zero-order chi connectivity index (χ0) is 19.8. The molecule has 0 aromatic heterocycles. The molecule has 0 bridgehead atoms. The standard InChI is InChI=1S/C21H31N5O2/c1-3-22-20(24-18-10-14-26(15-11-18)21(27)28-2)23-16-17-6-8-19(9-7-17)25-12-4-5-13-25/h4-9,18H,3,10-16H2,1-2H3,(H2,22,23,24). The highest BCUT2D eigenvalue weighted by molar-refractivity contribution is 5.80. The Labute approximate surface area is 167 Å². The summed E-state index contributed by atoms with van der Waals surface area (Å²) in [5.74, 6) is 0.826. The molecule has 0 atom stereocenters. The lowest BCUT2D eigenvalue weighted by Crippen LogP contribution is -2.49. The molecule has 152 valence electrons. The van der Waals surface area contributed by atoms with E-state index in [2.05, 4.69) is 58.9 Å². The number of anilines is 1. The van der Waals surface area contributed by atoms with Crippen molar-refractivity contribution in [1.82, 2.24) is 15.5 Å². The number of methoxy groups -OCH3 is 1. The van der Waals surface area contributed by atoms with Gasteiger partial charge in [0.2, 0.25) is 0 Å². The fraction of sp³-hybridized carbons (Fsp3) is 0.524. The van der Waals surface area contributed by atoms with Crippen molar-refractivity contribution in [3.63, 3.8) is 0 Å². The second kappa shape index (κ2) is 10.0. The summed E-state index contributed by atoms with van der Waals surface area (Å²) < 4.78 is 4.80. The van der Waals surface area contributed by atoms with E-state index in [1.165, 1.54) is 18.4 Å². The van der Waals surface area contributed by atoms with Gasteiger partial charge in [-0.15, -0.1) is 0 Å².